The fourth-order valence-corrected chi connectivity index (χ4v) is 2.11. The zero-order valence-electron chi connectivity index (χ0n) is 13.1. The van der Waals surface area contributed by atoms with E-state index in [4.69, 9.17) is 9.84 Å². The molecule has 1 aromatic carbocycles. The summed E-state index contributed by atoms with van der Waals surface area (Å²) in [6, 6.07) is 7.28. The Bertz CT molecular complexity index is 520. The van der Waals surface area contributed by atoms with Crippen molar-refractivity contribution in [2.75, 3.05) is 18.1 Å². The van der Waals surface area contributed by atoms with Crippen LogP contribution in [0.25, 0.3) is 0 Å². The SMILES string of the molecule is CC(C)COc1ccc(N(CCC(=O)O)C(=O)C2CC2)cc1. The number of ether oxygens (including phenoxy) is 1. The maximum Gasteiger partial charge on any atom is 0.305 e. The molecule has 0 aliphatic heterocycles. The molecular weight excluding hydrogens is 282 g/mol. The highest BCUT2D eigenvalue weighted by Gasteiger charge is 2.34. The van der Waals surface area contributed by atoms with Crippen molar-refractivity contribution in [3.63, 3.8) is 0 Å². The van der Waals surface area contributed by atoms with Gasteiger partial charge in [-0.15, -0.1) is 0 Å². The first kappa shape index (κ1) is 16.3. The van der Waals surface area contributed by atoms with E-state index in [0.717, 1.165) is 24.3 Å². The molecule has 0 spiro atoms. The van der Waals surface area contributed by atoms with Crippen molar-refractivity contribution in [2.24, 2.45) is 11.8 Å². The van der Waals surface area contributed by atoms with E-state index in [1.807, 2.05) is 24.3 Å². The summed E-state index contributed by atoms with van der Waals surface area (Å²) in [5.74, 6) is 0.394. The molecule has 2 rings (SSSR count). The lowest BCUT2D eigenvalue weighted by Crippen LogP contribution is -2.34. The number of anilines is 1. The molecule has 0 saturated heterocycles. The van der Waals surface area contributed by atoms with Gasteiger partial charge in [-0.3, -0.25) is 9.59 Å². The van der Waals surface area contributed by atoms with Gasteiger partial charge in [0.05, 0.1) is 13.0 Å². The molecule has 0 heterocycles. The van der Waals surface area contributed by atoms with Crippen LogP contribution in [0.4, 0.5) is 5.69 Å². The molecule has 1 aromatic rings. The number of amides is 1. The maximum atomic E-state index is 12.3. The van der Waals surface area contributed by atoms with Crippen LogP contribution >= 0.6 is 0 Å². The lowest BCUT2D eigenvalue weighted by atomic mass is 10.2. The second-order valence-corrected chi connectivity index (χ2v) is 6.11. The van der Waals surface area contributed by atoms with Gasteiger partial charge >= 0.3 is 5.97 Å². The number of carbonyl (C=O) groups is 2. The Morgan fingerprint density at radius 1 is 1.27 bits per heavy atom. The molecule has 22 heavy (non-hydrogen) atoms. The first-order chi connectivity index (χ1) is 10.5. The second-order valence-electron chi connectivity index (χ2n) is 6.11. The molecule has 1 amide bonds. The number of hydrogen-bond donors (Lipinski definition) is 1. The molecule has 1 N–H and O–H groups in total. The van der Waals surface area contributed by atoms with Crippen LogP contribution in [0.3, 0.4) is 0 Å². The van der Waals surface area contributed by atoms with Gasteiger partial charge in [0.25, 0.3) is 0 Å². The number of aliphatic carboxylic acids is 1. The Morgan fingerprint density at radius 3 is 2.41 bits per heavy atom. The fourth-order valence-electron chi connectivity index (χ4n) is 2.11. The molecule has 1 aliphatic carbocycles. The van der Waals surface area contributed by atoms with Crippen molar-refractivity contribution in [1.82, 2.24) is 0 Å². The van der Waals surface area contributed by atoms with Gasteiger partial charge in [0.2, 0.25) is 5.91 Å². The molecular formula is C17H23NO4. The average Bonchev–Trinajstić information content (AvgIpc) is 3.30. The van der Waals surface area contributed by atoms with Crippen LogP contribution in [-0.2, 0) is 9.59 Å². The third kappa shape index (κ3) is 4.76. The van der Waals surface area contributed by atoms with Gasteiger partial charge in [-0.25, -0.2) is 0 Å². The Hall–Kier alpha value is -2.04. The average molecular weight is 305 g/mol. The number of nitrogens with zero attached hydrogens (tertiary/aromatic N) is 1. The van der Waals surface area contributed by atoms with E-state index in [9.17, 15) is 9.59 Å². The number of rotatable bonds is 8. The molecule has 0 unspecified atom stereocenters. The molecule has 1 aliphatic rings. The summed E-state index contributed by atoms with van der Waals surface area (Å²) in [4.78, 5) is 24.7. The summed E-state index contributed by atoms with van der Waals surface area (Å²) in [6.45, 7) is 5.01. The van der Waals surface area contributed by atoms with Crippen LogP contribution in [-0.4, -0.2) is 30.1 Å². The maximum absolute atomic E-state index is 12.3. The molecule has 5 heteroatoms. The second kappa shape index (κ2) is 7.29. The largest absolute Gasteiger partial charge is 0.493 e. The molecule has 0 radical (unpaired) electrons. The molecule has 0 bridgehead atoms. The number of benzene rings is 1. The minimum absolute atomic E-state index is 0.0251. The number of carboxylic acid groups (broad SMARTS) is 1. The van der Waals surface area contributed by atoms with E-state index in [0.29, 0.717) is 12.5 Å². The summed E-state index contributed by atoms with van der Waals surface area (Å²) < 4.78 is 5.62. The van der Waals surface area contributed by atoms with Crippen LogP contribution in [0.15, 0.2) is 24.3 Å². The lowest BCUT2D eigenvalue weighted by molar-refractivity contribution is -0.136. The van der Waals surface area contributed by atoms with E-state index in [-0.39, 0.29) is 24.8 Å². The van der Waals surface area contributed by atoms with Crippen molar-refractivity contribution >= 4 is 17.6 Å². The Labute approximate surface area is 130 Å². The molecule has 0 atom stereocenters. The Morgan fingerprint density at radius 2 is 1.91 bits per heavy atom. The number of hydrogen-bond acceptors (Lipinski definition) is 3. The summed E-state index contributed by atoms with van der Waals surface area (Å²) in [6.07, 6.45) is 1.75. The Kier molecular flexibility index (Phi) is 5.41. The normalized spacial score (nSPS) is 14.0. The topological polar surface area (TPSA) is 66.8 Å². The Balaban J connectivity index is 2.05. The standard InChI is InChI=1S/C17H23NO4/c1-12(2)11-22-15-7-5-14(6-8-15)18(10-9-16(19)20)17(21)13-3-4-13/h5-8,12-13H,3-4,9-11H2,1-2H3,(H,19,20). The van der Waals surface area contributed by atoms with Crippen LogP contribution in [0, 0.1) is 11.8 Å². The van der Waals surface area contributed by atoms with Crippen molar-refractivity contribution < 1.29 is 19.4 Å². The van der Waals surface area contributed by atoms with Gasteiger partial charge < -0.3 is 14.7 Å². The highest BCUT2D eigenvalue weighted by molar-refractivity contribution is 5.96. The van der Waals surface area contributed by atoms with Crippen LogP contribution in [0.1, 0.15) is 33.1 Å². The van der Waals surface area contributed by atoms with Gasteiger partial charge in [0.15, 0.2) is 0 Å². The summed E-state index contributed by atoms with van der Waals surface area (Å²) >= 11 is 0. The highest BCUT2D eigenvalue weighted by Crippen LogP contribution is 2.33. The van der Waals surface area contributed by atoms with Crippen molar-refractivity contribution in [2.45, 2.75) is 33.1 Å². The predicted octanol–water partition coefficient (Wildman–Crippen LogP) is 2.94. The van der Waals surface area contributed by atoms with Gasteiger partial charge in [-0.2, -0.15) is 0 Å². The van der Waals surface area contributed by atoms with E-state index in [1.165, 1.54) is 0 Å². The highest BCUT2D eigenvalue weighted by atomic mass is 16.5. The first-order valence-electron chi connectivity index (χ1n) is 7.73. The summed E-state index contributed by atoms with van der Waals surface area (Å²) in [5.41, 5.74) is 0.732. The van der Waals surface area contributed by atoms with Crippen molar-refractivity contribution in [3.05, 3.63) is 24.3 Å². The molecule has 1 fully saturated rings. The number of carbonyl (C=O) groups excluding carboxylic acids is 1. The minimum atomic E-state index is -0.898. The zero-order chi connectivity index (χ0) is 16.1. The van der Waals surface area contributed by atoms with E-state index >= 15 is 0 Å². The lowest BCUT2D eigenvalue weighted by Gasteiger charge is -2.22. The molecule has 1 saturated carbocycles. The fraction of sp³-hybridized carbons (Fsp3) is 0.529. The monoisotopic (exact) mass is 305 g/mol. The molecule has 0 aromatic heterocycles. The van der Waals surface area contributed by atoms with Crippen molar-refractivity contribution in [1.29, 1.82) is 0 Å². The van der Waals surface area contributed by atoms with Gasteiger partial charge in [0.1, 0.15) is 5.75 Å². The van der Waals surface area contributed by atoms with Crippen LogP contribution in [0.5, 0.6) is 5.75 Å². The van der Waals surface area contributed by atoms with E-state index in [1.54, 1.807) is 4.90 Å². The summed E-state index contributed by atoms with van der Waals surface area (Å²) in [5, 5.41) is 8.85. The third-order valence-electron chi connectivity index (χ3n) is 3.47. The predicted molar refractivity (Wildman–Crippen MR) is 84.1 cm³/mol. The van der Waals surface area contributed by atoms with Gasteiger partial charge in [0, 0.05) is 18.2 Å². The molecule has 120 valence electrons. The van der Waals surface area contributed by atoms with Gasteiger partial charge in [-0.05, 0) is 43.0 Å². The van der Waals surface area contributed by atoms with Crippen molar-refractivity contribution in [3.8, 4) is 5.75 Å². The quantitative estimate of drug-likeness (QED) is 0.802. The first-order valence-corrected chi connectivity index (χ1v) is 7.73. The molecule has 5 nitrogen and oxygen atoms in total. The third-order valence-corrected chi connectivity index (χ3v) is 3.47. The van der Waals surface area contributed by atoms with E-state index < -0.39 is 5.97 Å². The van der Waals surface area contributed by atoms with Crippen LogP contribution in [0.2, 0.25) is 0 Å². The van der Waals surface area contributed by atoms with E-state index in [2.05, 4.69) is 13.8 Å². The minimum Gasteiger partial charge on any atom is -0.493 e. The number of carboxylic acids is 1. The summed E-state index contributed by atoms with van der Waals surface area (Å²) in [7, 11) is 0. The van der Waals surface area contributed by atoms with Gasteiger partial charge in [-0.1, -0.05) is 13.8 Å². The smallest absolute Gasteiger partial charge is 0.305 e. The van der Waals surface area contributed by atoms with Crippen LogP contribution < -0.4 is 9.64 Å². The zero-order valence-corrected chi connectivity index (χ0v) is 13.1.